The molecule has 1 rings (SSSR count). The first-order valence-corrected chi connectivity index (χ1v) is 4.92. The maximum atomic E-state index is 8.55. The molecule has 70 valence electrons. The van der Waals surface area contributed by atoms with Crippen LogP contribution < -0.4 is 5.32 Å². The molecule has 0 saturated heterocycles. The van der Waals surface area contributed by atoms with E-state index in [1.54, 1.807) is 0 Å². The van der Waals surface area contributed by atoms with Crippen molar-refractivity contribution in [1.82, 2.24) is 5.32 Å². The fourth-order valence-corrected chi connectivity index (χ4v) is 1.50. The number of aliphatic hydroxyl groups excluding tert-OH is 1. The van der Waals surface area contributed by atoms with Crippen molar-refractivity contribution in [3.63, 3.8) is 0 Å². The average Bonchev–Trinajstić information content (AvgIpc) is 2.57. The average molecular weight is 169 g/mol. The number of rotatable bonds is 6. The monoisotopic (exact) mass is 169 g/mol. The van der Waals surface area contributed by atoms with Gasteiger partial charge in [0.25, 0.3) is 0 Å². The molecule has 2 nitrogen and oxygen atoms in total. The van der Waals surface area contributed by atoms with Crippen LogP contribution in [-0.4, -0.2) is 24.3 Å². The Labute approximate surface area is 74.7 Å². The minimum absolute atomic E-state index is 0.338. The summed E-state index contributed by atoms with van der Waals surface area (Å²) in [6.07, 6.45) is 10.2. The molecule has 0 aromatic heterocycles. The molecule has 0 aromatic rings. The second kappa shape index (κ2) is 6.21. The summed E-state index contributed by atoms with van der Waals surface area (Å²) in [5, 5.41) is 12.0. The van der Waals surface area contributed by atoms with Crippen LogP contribution in [0.5, 0.6) is 0 Å². The first-order valence-electron chi connectivity index (χ1n) is 4.92. The van der Waals surface area contributed by atoms with Crippen molar-refractivity contribution in [2.24, 2.45) is 0 Å². The van der Waals surface area contributed by atoms with Gasteiger partial charge in [-0.05, 0) is 38.6 Å². The molecule has 2 N–H and O–H groups in total. The first-order chi connectivity index (χ1) is 5.93. The SMILES string of the molecule is OCCCCCNC1CC=CC1. The summed E-state index contributed by atoms with van der Waals surface area (Å²) >= 11 is 0. The Kier molecular flexibility index (Phi) is 5.04. The Morgan fingerprint density at radius 3 is 2.58 bits per heavy atom. The van der Waals surface area contributed by atoms with E-state index in [1.807, 2.05) is 0 Å². The Balaban J connectivity index is 1.82. The van der Waals surface area contributed by atoms with Crippen LogP contribution in [-0.2, 0) is 0 Å². The smallest absolute Gasteiger partial charge is 0.0431 e. The third-order valence-electron chi connectivity index (χ3n) is 2.28. The van der Waals surface area contributed by atoms with Crippen molar-refractivity contribution in [3.8, 4) is 0 Å². The van der Waals surface area contributed by atoms with E-state index >= 15 is 0 Å². The van der Waals surface area contributed by atoms with Crippen molar-refractivity contribution in [2.75, 3.05) is 13.2 Å². The highest BCUT2D eigenvalue weighted by atomic mass is 16.2. The molecule has 1 aliphatic carbocycles. The van der Waals surface area contributed by atoms with Crippen molar-refractivity contribution in [3.05, 3.63) is 12.2 Å². The molecule has 2 heteroatoms. The van der Waals surface area contributed by atoms with E-state index in [2.05, 4.69) is 17.5 Å². The quantitative estimate of drug-likeness (QED) is 0.466. The molecular formula is C10H19NO. The van der Waals surface area contributed by atoms with E-state index in [-0.39, 0.29) is 0 Å². The summed E-state index contributed by atoms with van der Waals surface area (Å²) in [6.45, 7) is 1.44. The zero-order valence-corrected chi connectivity index (χ0v) is 7.63. The lowest BCUT2D eigenvalue weighted by Crippen LogP contribution is -2.27. The molecule has 0 unspecified atom stereocenters. The van der Waals surface area contributed by atoms with Crippen LogP contribution in [0.15, 0.2) is 12.2 Å². The van der Waals surface area contributed by atoms with Gasteiger partial charge in [-0.15, -0.1) is 0 Å². The fourth-order valence-electron chi connectivity index (χ4n) is 1.50. The highest BCUT2D eigenvalue weighted by molar-refractivity contribution is 4.97. The maximum absolute atomic E-state index is 8.55. The standard InChI is InChI=1S/C10H19NO/c12-9-5-1-4-8-11-10-6-2-3-7-10/h2-3,10-12H,1,4-9H2. The Hall–Kier alpha value is -0.340. The van der Waals surface area contributed by atoms with Gasteiger partial charge in [0.1, 0.15) is 0 Å². The minimum Gasteiger partial charge on any atom is -0.396 e. The molecule has 0 aliphatic heterocycles. The molecule has 12 heavy (non-hydrogen) atoms. The van der Waals surface area contributed by atoms with Crippen molar-refractivity contribution >= 4 is 0 Å². The van der Waals surface area contributed by atoms with E-state index < -0.39 is 0 Å². The van der Waals surface area contributed by atoms with Crippen LogP contribution in [0.25, 0.3) is 0 Å². The van der Waals surface area contributed by atoms with Gasteiger partial charge in [0, 0.05) is 12.6 Å². The predicted molar refractivity (Wildman–Crippen MR) is 51.1 cm³/mol. The number of nitrogens with one attached hydrogen (secondary N) is 1. The molecule has 1 aliphatic rings. The molecule has 0 aromatic carbocycles. The predicted octanol–water partition coefficient (Wildman–Crippen LogP) is 1.46. The number of unbranched alkanes of at least 4 members (excludes halogenated alkanes) is 2. The molecule has 0 saturated carbocycles. The van der Waals surface area contributed by atoms with E-state index in [0.29, 0.717) is 12.6 Å². The van der Waals surface area contributed by atoms with Crippen LogP contribution in [0.4, 0.5) is 0 Å². The molecule has 0 fully saturated rings. The van der Waals surface area contributed by atoms with Gasteiger partial charge in [0.05, 0.1) is 0 Å². The Morgan fingerprint density at radius 2 is 1.92 bits per heavy atom. The summed E-state index contributed by atoms with van der Waals surface area (Å²) in [6, 6.07) is 0.694. The zero-order chi connectivity index (χ0) is 8.65. The highest BCUT2D eigenvalue weighted by Gasteiger charge is 2.07. The number of hydrogen-bond acceptors (Lipinski definition) is 2. The summed E-state index contributed by atoms with van der Waals surface area (Å²) in [7, 11) is 0. The lowest BCUT2D eigenvalue weighted by molar-refractivity contribution is 0.282. The normalized spacial score (nSPS) is 17.4. The van der Waals surface area contributed by atoms with Gasteiger partial charge >= 0.3 is 0 Å². The largest absolute Gasteiger partial charge is 0.396 e. The van der Waals surface area contributed by atoms with Crippen LogP contribution in [0.1, 0.15) is 32.1 Å². The summed E-state index contributed by atoms with van der Waals surface area (Å²) in [5.41, 5.74) is 0. The van der Waals surface area contributed by atoms with E-state index in [0.717, 1.165) is 19.4 Å². The van der Waals surface area contributed by atoms with E-state index in [9.17, 15) is 0 Å². The van der Waals surface area contributed by atoms with Crippen molar-refractivity contribution in [2.45, 2.75) is 38.1 Å². The van der Waals surface area contributed by atoms with Crippen LogP contribution in [0, 0.1) is 0 Å². The lowest BCUT2D eigenvalue weighted by atomic mass is 10.2. The lowest BCUT2D eigenvalue weighted by Gasteiger charge is -2.10. The topological polar surface area (TPSA) is 32.3 Å². The molecule has 0 amide bonds. The van der Waals surface area contributed by atoms with Gasteiger partial charge in [-0.1, -0.05) is 12.2 Å². The zero-order valence-electron chi connectivity index (χ0n) is 7.63. The van der Waals surface area contributed by atoms with Gasteiger partial charge in [-0.25, -0.2) is 0 Å². The van der Waals surface area contributed by atoms with Crippen LogP contribution >= 0.6 is 0 Å². The van der Waals surface area contributed by atoms with Gasteiger partial charge in [0.15, 0.2) is 0 Å². The fraction of sp³-hybridized carbons (Fsp3) is 0.800. The van der Waals surface area contributed by atoms with Gasteiger partial charge in [-0.2, -0.15) is 0 Å². The van der Waals surface area contributed by atoms with Gasteiger partial charge in [0.2, 0.25) is 0 Å². The van der Waals surface area contributed by atoms with Crippen molar-refractivity contribution < 1.29 is 5.11 Å². The van der Waals surface area contributed by atoms with E-state index in [1.165, 1.54) is 19.3 Å². The van der Waals surface area contributed by atoms with Crippen LogP contribution in [0.2, 0.25) is 0 Å². The molecule has 0 spiro atoms. The minimum atomic E-state index is 0.338. The second-order valence-electron chi connectivity index (χ2n) is 3.38. The van der Waals surface area contributed by atoms with Gasteiger partial charge in [-0.3, -0.25) is 0 Å². The molecular weight excluding hydrogens is 150 g/mol. The number of aliphatic hydroxyl groups is 1. The Bertz CT molecular complexity index is 126. The summed E-state index contributed by atoms with van der Waals surface area (Å²) in [4.78, 5) is 0. The molecule has 0 heterocycles. The number of hydrogen-bond donors (Lipinski definition) is 2. The second-order valence-corrected chi connectivity index (χ2v) is 3.38. The Morgan fingerprint density at radius 1 is 1.17 bits per heavy atom. The summed E-state index contributed by atoms with van der Waals surface area (Å²) < 4.78 is 0. The summed E-state index contributed by atoms with van der Waals surface area (Å²) in [5.74, 6) is 0. The van der Waals surface area contributed by atoms with Crippen LogP contribution in [0.3, 0.4) is 0 Å². The molecule has 0 radical (unpaired) electrons. The van der Waals surface area contributed by atoms with Crippen molar-refractivity contribution in [1.29, 1.82) is 0 Å². The third kappa shape index (κ3) is 3.88. The van der Waals surface area contributed by atoms with E-state index in [4.69, 9.17) is 5.11 Å². The first kappa shape index (κ1) is 9.75. The third-order valence-corrected chi connectivity index (χ3v) is 2.28. The highest BCUT2D eigenvalue weighted by Crippen LogP contribution is 2.08. The van der Waals surface area contributed by atoms with Gasteiger partial charge < -0.3 is 10.4 Å². The molecule has 0 bridgehead atoms. The molecule has 0 atom stereocenters. The maximum Gasteiger partial charge on any atom is 0.0431 e.